The number of halogens is 2. The number of hydrogen-bond acceptors (Lipinski definition) is 2. The second-order valence-electron chi connectivity index (χ2n) is 4.23. The highest BCUT2D eigenvalue weighted by molar-refractivity contribution is 9.11. The van der Waals surface area contributed by atoms with Gasteiger partial charge in [0.25, 0.3) is 5.91 Å². The van der Waals surface area contributed by atoms with Gasteiger partial charge in [-0.2, -0.15) is 0 Å². The Hall–Kier alpha value is -0.650. The molecule has 1 amide bonds. The lowest BCUT2D eigenvalue weighted by molar-refractivity contribution is 0.0744. The molecule has 100 valence electrons. The summed E-state index contributed by atoms with van der Waals surface area (Å²) in [7, 11) is 1.83. The van der Waals surface area contributed by atoms with Crippen LogP contribution in [-0.2, 0) is 0 Å². The summed E-state index contributed by atoms with van der Waals surface area (Å²) in [5, 5.41) is 2.03. The van der Waals surface area contributed by atoms with Gasteiger partial charge in [-0.25, -0.2) is 0 Å². The van der Waals surface area contributed by atoms with Gasteiger partial charge in [-0.3, -0.25) is 4.79 Å². The summed E-state index contributed by atoms with van der Waals surface area (Å²) < 4.78 is 1.71. The Morgan fingerprint density at radius 3 is 2.68 bits per heavy atom. The van der Waals surface area contributed by atoms with Gasteiger partial charge in [0.05, 0.1) is 11.6 Å². The number of nitrogens with zero attached hydrogens (tertiary/aromatic N) is 1. The quantitative estimate of drug-likeness (QED) is 0.698. The molecule has 5 heteroatoms. The van der Waals surface area contributed by atoms with E-state index >= 15 is 0 Å². The standard InChI is InChI=1S/C14H13Br2NOS/c1-9(13-4-3-7-19-13)17(2)14(18)11-8-10(15)5-6-12(11)16/h3-9H,1-2H3. The summed E-state index contributed by atoms with van der Waals surface area (Å²) in [6.45, 7) is 2.04. The lowest BCUT2D eigenvalue weighted by atomic mass is 10.1. The first-order valence-corrected chi connectivity index (χ1v) is 8.23. The van der Waals surface area contributed by atoms with Crippen LogP contribution in [0.25, 0.3) is 0 Å². The van der Waals surface area contributed by atoms with Gasteiger partial charge in [0.15, 0.2) is 0 Å². The molecule has 0 radical (unpaired) electrons. The minimum absolute atomic E-state index is 0.00840. The van der Waals surface area contributed by atoms with Crippen molar-refractivity contribution in [3.05, 3.63) is 55.1 Å². The number of carbonyl (C=O) groups is 1. The Morgan fingerprint density at radius 1 is 1.32 bits per heavy atom. The Bertz CT molecular complexity index is 583. The molecule has 2 aromatic rings. The van der Waals surface area contributed by atoms with Crippen molar-refractivity contribution in [2.75, 3.05) is 7.05 Å². The molecule has 0 saturated heterocycles. The first-order valence-electron chi connectivity index (χ1n) is 5.76. The van der Waals surface area contributed by atoms with E-state index in [0.717, 1.165) is 8.95 Å². The molecule has 1 heterocycles. The van der Waals surface area contributed by atoms with Crippen LogP contribution in [0.3, 0.4) is 0 Å². The zero-order chi connectivity index (χ0) is 14.0. The highest BCUT2D eigenvalue weighted by Crippen LogP contribution is 2.28. The van der Waals surface area contributed by atoms with Crippen molar-refractivity contribution in [2.45, 2.75) is 13.0 Å². The molecule has 0 aliphatic carbocycles. The van der Waals surface area contributed by atoms with Gasteiger partial charge in [-0.1, -0.05) is 22.0 Å². The van der Waals surface area contributed by atoms with E-state index in [1.165, 1.54) is 4.88 Å². The molecule has 0 fully saturated rings. The fourth-order valence-electron chi connectivity index (χ4n) is 1.75. The molecule has 0 aliphatic rings. The molecule has 0 aliphatic heterocycles. The Kier molecular flexibility index (Phi) is 4.81. The number of hydrogen-bond donors (Lipinski definition) is 0. The van der Waals surface area contributed by atoms with Gasteiger partial charge in [0.1, 0.15) is 0 Å². The molecule has 1 aromatic carbocycles. The van der Waals surface area contributed by atoms with E-state index in [1.807, 2.05) is 43.6 Å². The Labute approximate surface area is 133 Å². The van der Waals surface area contributed by atoms with Crippen LogP contribution in [0.15, 0.2) is 44.7 Å². The molecule has 0 spiro atoms. The fraction of sp³-hybridized carbons (Fsp3) is 0.214. The van der Waals surface area contributed by atoms with Crippen LogP contribution in [0.2, 0.25) is 0 Å². The van der Waals surface area contributed by atoms with Crippen LogP contribution >= 0.6 is 43.2 Å². The zero-order valence-electron chi connectivity index (χ0n) is 10.6. The zero-order valence-corrected chi connectivity index (χ0v) is 14.5. The van der Waals surface area contributed by atoms with Crippen LogP contribution in [0, 0.1) is 0 Å². The monoisotopic (exact) mass is 401 g/mol. The van der Waals surface area contributed by atoms with E-state index in [9.17, 15) is 4.79 Å². The minimum Gasteiger partial charge on any atom is -0.334 e. The summed E-state index contributed by atoms with van der Waals surface area (Å²) in [5.41, 5.74) is 0.667. The SMILES string of the molecule is CC(c1cccs1)N(C)C(=O)c1cc(Br)ccc1Br. The lowest BCUT2D eigenvalue weighted by Crippen LogP contribution is -2.29. The second-order valence-corrected chi connectivity index (χ2v) is 6.98. The highest BCUT2D eigenvalue weighted by Gasteiger charge is 2.21. The maximum Gasteiger partial charge on any atom is 0.255 e. The normalized spacial score (nSPS) is 12.2. The molecule has 1 atom stereocenters. The average Bonchev–Trinajstić information content (AvgIpc) is 2.93. The molecule has 19 heavy (non-hydrogen) atoms. The third-order valence-electron chi connectivity index (χ3n) is 3.02. The molecule has 1 unspecified atom stereocenters. The highest BCUT2D eigenvalue weighted by atomic mass is 79.9. The van der Waals surface area contributed by atoms with Gasteiger partial charge in [0, 0.05) is 20.9 Å². The summed E-state index contributed by atoms with van der Waals surface area (Å²) >= 11 is 8.50. The molecular weight excluding hydrogens is 390 g/mol. The minimum atomic E-state index is 0.00840. The smallest absolute Gasteiger partial charge is 0.255 e. The van der Waals surface area contributed by atoms with Crippen molar-refractivity contribution in [3.8, 4) is 0 Å². The third kappa shape index (κ3) is 3.27. The second kappa shape index (κ2) is 6.20. The predicted molar refractivity (Wildman–Crippen MR) is 86.7 cm³/mol. The molecule has 0 bridgehead atoms. The summed E-state index contributed by atoms with van der Waals surface area (Å²) in [6, 6.07) is 9.74. The van der Waals surface area contributed by atoms with Crippen molar-refractivity contribution in [3.63, 3.8) is 0 Å². The first kappa shape index (κ1) is 14.8. The van der Waals surface area contributed by atoms with Crippen LogP contribution in [0.5, 0.6) is 0 Å². The Morgan fingerprint density at radius 2 is 2.05 bits per heavy atom. The van der Waals surface area contributed by atoms with Gasteiger partial charge in [-0.15, -0.1) is 11.3 Å². The van der Waals surface area contributed by atoms with Crippen molar-refractivity contribution < 1.29 is 4.79 Å². The van der Waals surface area contributed by atoms with E-state index in [4.69, 9.17) is 0 Å². The maximum atomic E-state index is 12.5. The van der Waals surface area contributed by atoms with E-state index in [1.54, 1.807) is 16.2 Å². The van der Waals surface area contributed by atoms with Crippen LogP contribution in [0.4, 0.5) is 0 Å². The molecule has 1 aromatic heterocycles. The van der Waals surface area contributed by atoms with Gasteiger partial charge < -0.3 is 4.90 Å². The van der Waals surface area contributed by atoms with E-state index in [-0.39, 0.29) is 11.9 Å². The van der Waals surface area contributed by atoms with E-state index in [2.05, 4.69) is 37.9 Å². The van der Waals surface area contributed by atoms with Crippen LogP contribution in [-0.4, -0.2) is 17.9 Å². The van der Waals surface area contributed by atoms with Crippen molar-refractivity contribution in [2.24, 2.45) is 0 Å². The molecule has 2 nitrogen and oxygen atoms in total. The first-order chi connectivity index (χ1) is 9.00. The lowest BCUT2D eigenvalue weighted by Gasteiger charge is -2.24. The van der Waals surface area contributed by atoms with E-state index in [0.29, 0.717) is 5.56 Å². The van der Waals surface area contributed by atoms with Gasteiger partial charge in [0.2, 0.25) is 0 Å². The topological polar surface area (TPSA) is 20.3 Å². The van der Waals surface area contributed by atoms with Crippen molar-refractivity contribution in [1.82, 2.24) is 4.90 Å². The predicted octanol–water partition coefficient (Wildman–Crippen LogP) is 5.11. The van der Waals surface area contributed by atoms with Gasteiger partial charge >= 0.3 is 0 Å². The third-order valence-corrected chi connectivity index (χ3v) is 5.24. The molecule has 0 saturated carbocycles. The number of amides is 1. The summed E-state index contributed by atoms with van der Waals surface area (Å²) in [6.07, 6.45) is 0. The molecule has 0 N–H and O–H groups in total. The van der Waals surface area contributed by atoms with Crippen LogP contribution < -0.4 is 0 Å². The van der Waals surface area contributed by atoms with Crippen LogP contribution in [0.1, 0.15) is 28.2 Å². The summed E-state index contributed by atoms with van der Waals surface area (Å²) in [4.78, 5) is 15.5. The fourth-order valence-corrected chi connectivity index (χ4v) is 3.35. The summed E-state index contributed by atoms with van der Waals surface area (Å²) in [5.74, 6) is 0.00840. The largest absolute Gasteiger partial charge is 0.334 e. The van der Waals surface area contributed by atoms with Gasteiger partial charge in [-0.05, 0) is 52.5 Å². The number of benzene rings is 1. The maximum absolute atomic E-state index is 12.5. The molecule has 2 rings (SSSR count). The average molecular weight is 403 g/mol. The number of thiophene rings is 1. The number of carbonyl (C=O) groups excluding carboxylic acids is 1. The van der Waals surface area contributed by atoms with Crippen molar-refractivity contribution >= 4 is 49.1 Å². The van der Waals surface area contributed by atoms with Crippen molar-refractivity contribution in [1.29, 1.82) is 0 Å². The Balaban J connectivity index is 2.26. The molecular formula is C14H13Br2NOS. The number of rotatable bonds is 3. The van der Waals surface area contributed by atoms with E-state index < -0.39 is 0 Å².